The van der Waals surface area contributed by atoms with Crippen LogP contribution in [0.5, 0.6) is 0 Å². The Balaban J connectivity index is 2.29. The predicted molar refractivity (Wildman–Crippen MR) is 83.3 cm³/mol. The van der Waals surface area contributed by atoms with Crippen LogP contribution in [0, 0.1) is 13.8 Å². The molecule has 0 spiro atoms. The molecule has 2 aromatic rings. The van der Waals surface area contributed by atoms with Crippen molar-refractivity contribution in [2.75, 3.05) is 7.11 Å². The molecule has 110 valence electrons. The van der Waals surface area contributed by atoms with Gasteiger partial charge in [-0.3, -0.25) is 4.68 Å². The number of ether oxygens (including phenoxy) is 1. The summed E-state index contributed by atoms with van der Waals surface area (Å²) in [7, 11) is 1.35. The minimum absolute atomic E-state index is 0.382. The van der Waals surface area contributed by atoms with Crippen LogP contribution in [0.3, 0.4) is 0 Å². The second-order valence-electron chi connectivity index (χ2n) is 4.69. The second-order valence-corrected chi connectivity index (χ2v) is 5.10. The van der Waals surface area contributed by atoms with E-state index in [4.69, 9.17) is 11.6 Å². The Morgan fingerprint density at radius 1 is 1.38 bits per heavy atom. The van der Waals surface area contributed by atoms with E-state index < -0.39 is 0 Å². The summed E-state index contributed by atoms with van der Waals surface area (Å²) in [5, 5.41) is 5.22. The number of methoxy groups -OCH3 is 1. The minimum atomic E-state index is -0.382. The number of carbonyl (C=O) groups excluding carboxylic acids is 1. The van der Waals surface area contributed by atoms with Crippen molar-refractivity contribution < 1.29 is 9.53 Å². The molecule has 21 heavy (non-hydrogen) atoms. The lowest BCUT2D eigenvalue weighted by Crippen LogP contribution is -2.04. The Bertz CT molecular complexity index is 690. The smallest absolute Gasteiger partial charge is 0.330 e. The first-order valence-electron chi connectivity index (χ1n) is 6.56. The number of aryl methyl sites for hydroxylation is 1. The Morgan fingerprint density at radius 3 is 2.76 bits per heavy atom. The summed E-state index contributed by atoms with van der Waals surface area (Å²) in [4.78, 5) is 11.2. The first kappa shape index (κ1) is 15.3. The number of esters is 1. The van der Waals surface area contributed by atoms with Gasteiger partial charge in [0.2, 0.25) is 0 Å². The summed E-state index contributed by atoms with van der Waals surface area (Å²) >= 11 is 6.18. The SMILES string of the molecule is COC(=O)C=Cc1c(C)nn(Cc2ccccc2Cl)c1C. The molecular formula is C16H17ClN2O2. The van der Waals surface area contributed by atoms with Crippen LogP contribution in [-0.4, -0.2) is 22.9 Å². The van der Waals surface area contributed by atoms with Crippen molar-refractivity contribution in [2.24, 2.45) is 0 Å². The number of hydrogen-bond acceptors (Lipinski definition) is 3. The fourth-order valence-corrected chi connectivity index (χ4v) is 2.31. The number of nitrogens with zero attached hydrogens (tertiary/aromatic N) is 2. The number of hydrogen-bond donors (Lipinski definition) is 0. The Labute approximate surface area is 129 Å². The van der Waals surface area contributed by atoms with Gasteiger partial charge in [-0.1, -0.05) is 29.8 Å². The summed E-state index contributed by atoms with van der Waals surface area (Å²) in [6, 6.07) is 7.69. The first-order chi connectivity index (χ1) is 10.0. The van der Waals surface area contributed by atoms with Crippen LogP contribution in [0.4, 0.5) is 0 Å². The molecule has 1 heterocycles. The number of aromatic nitrogens is 2. The number of halogens is 1. The molecule has 2 rings (SSSR count). The molecule has 0 N–H and O–H groups in total. The summed E-state index contributed by atoms with van der Waals surface area (Å²) < 4.78 is 6.48. The lowest BCUT2D eigenvalue weighted by molar-refractivity contribution is -0.134. The van der Waals surface area contributed by atoms with E-state index in [9.17, 15) is 4.79 Å². The van der Waals surface area contributed by atoms with Crippen LogP contribution < -0.4 is 0 Å². The van der Waals surface area contributed by atoms with Crippen LogP contribution in [0.25, 0.3) is 6.08 Å². The lowest BCUT2D eigenvalue weighted by Gasteiger charge is -2.06. The highest BCUT2D eigenvalue weighted by molar-refractivity contribution is 6.31. The fourth-order valence-electron chi connectivity index (χ4n) is 2.11. The summed E-state index contributed by atoms with van der Waals surface area (Å²) in [5.74, 6) is -0.382. The van der Waals surface area contributed by atoms with Gasteiger partial charge in [-0.05, 0) is 31.6 Å². The monoisotopic (exact) mass is 304 g/mol. The van der Waals surface area contributed by atoms with Crippen molar-refractivity contribution in [1.29, 1.82) is 0 Å². The third-order valence-corrected chi connectivity index (χ3v) is 3.67. The minimum Gasteiger partial charge on any atom is -0.466 e. The first-order valence-corrected chi connectivity index (χ1v) is 6.94. The van der Waals surface area contributed by atoms with E-state index in [1.807, 2.05) is 42.8 Å². The van der Waals surface area contributed by atoms with Gasteiger partial charge in [-0.2, -0.15) is 5.10 Å². The predicted octanol–water partition coefficient (Wildman–Crippen LogP) is 3.39. The van der Waals surface area contributed by atoms with Gasteiger partial charge >= 0.3 is 5.97 Å². The average Bonchev–Trinajstić information content (AvgIpc) is 2.73. The van der Waals surface area contributed by atoms with Gasteiger partial charge in [0.25, 0.3) is 0 Å². The standard InChI is InChI=1S/C16H17ClN2O2/c1-11-14(8-9-16(20)21-3)12(2)19(18-11)10-13-6-4-5-7-15(13)17/h4-9H,10H2,1-3H3. The van der Waals surface area contributed by atoms with E-state index >= 15 is 0 Å². The van der Waals surface area contributed by atoms with E-state index in [1.54, 1.807) is 6.08 Å². The number of carbonyl (C=O) groups is 1. The maximum atomic E-state index is 11.2. The van der Waals surface area contributed by atoms with Crippen molar-refractivity contribution in [1.82, 2.24) is 9.78 Å². The molecule has 0 saturated carbocycles. The van der Waals surface area contributed by atoms with Crippen LogP contribution >= 0.6 is 11.6 Å². The van der Waals surface area contributed by atoms with Crippen molar-refractivity contribution in [3.05, 3.63) is 57.9 Å². The molecule has 1 aromatic carbocycles. The van der Waals surface area contributed by atoms with Crippen molar-refractivity contribution >= 4 is 23.6 Å². The van der Waals surface area contributed by atoms with Gasteiger partial charge in [0, 0.05) is 22.4 Å². The molecule has 0 atom stereocenters. The zero-order valence-corrected chi connectivity index (χ0v) is 13.0. The molecule has 0 unspecified atom stereocenters. The molecule has 1 aromatic heterocycles. The van der Waals surface area contributed by atoms with E-state index in [2.05, 4.69) is 9.84 Å². The third kappa shape index (κ3) is 3.52. The topological polar surface area (TPSA) is 44.1 Å². The molecule has 0 saturated heterocycles. The molecule has 0 bridgehead atoms. The normalized spacial score (nSPS) is 11.0. The Morgan fingerprint density at radius 2 is 2.10 bits per heavy atom. The van der Waals surface area contributed by atoms with Crippen LogP contribution in [-0.2, 0) is 16.1 Å². The zero-order chi connectivity index (χ0) is 15.4. The van der Waals surface area contributed by atoms with Gasteiger partial charge in [-0.15, -0.1) is 0 Å². The summed E-state index contributed by atoms with van der Waals surface area (Å²) in [6.45, 7) is 4.47. The maximum absolute atomic E-state index is 11.2. The molecule has 0 aliphatic carbocycles. The maximum Gasteiger partial charge on any atom is 0.330 e. The molecule has 5 heteroatoms. The highest BCUT2D eigenvalue weighted by atomic mass is 35.5. The van der Waals surface area contributed by atoms with E-state index in [1.165, 1.54) is 13.2 Å². The average molecular weight is 305 g/mol. The van der Waals surface area contributed by atoms with Gasteiger partial charge in [0.05, 0.1) is 19.3 Å². The van der Waals surface area contributed by atoms with Crippen molar-refractivity contribution in [3.63, 3.8) is 0 Å². The fraction of sp³-hybridized carbons (Fsp3) is 0.250. The summed E-state index contributed by atoms with van der Waals surface area (Å²) in [6.07, 6.45) is 3.13. The zero-order valence-electron chi connectivity index (χ0n) is 12.3. The van der Waals surface area contributed by atoms with Crippen LogP contribution in [0.2, 0.25) is 5.02 Å². The van der Waals surface area contributed by atoms with Gasteiger partial charge in [0.1, 0.15) is 0 Å². The largest absolute Gasteiger partial charge is 0.466 e. The highest BCUT2D eigenvalue weighted by Gasteiger charge is 2.11. The van der Waals surface area contributed by atoms with Gasteiger partial charge in [0.15, 0.2) is 0 Å². The second kappa shape index (κ2) is 6.59. The summed E-state index contributed by atoms with van der Waals surface area (Å²) in [5.41, 5.74) is 3.77. The Hall–Kier alpha value is -2.07. The van der Waals surface area contributed by atoms with E-state index in [0.717, 1.165) is 27.5 Å². The van der Waals surface area contributed by atoms with Gasteiger partial charge < -0.3 is 4.74 Å². The molecular weight excluding hydrogens is 288 g/mol. The molecule has 0 radical (unpaired) electrons. The molecule has 0 aliphatic rings. The van der Waals surface area contributed by atoms with Crippen LogP contribution in [0.15, 0.2) is 30.3 Å². The highest BCUT2D eigenvalue weighted by Crippen LogP contribution is 2.20. The number of rotatable bonds is 4. The lowest BCUT2D eigenvalue weighted by atomic mass is 10.1. The molecule has 0 aliphatic heterocycles. The van der Waals surface area contributed by atoms with Gasteiger partial charge in [-0.25, -0.2) is 4.79 Å². The van der Waals surface area contributed by atoms with Crippen LogP contribution in [0.1, 0.15) is 22.5 Å². The van der Waals surface area contributed by atoms with Crippen molar-refractivity contribution in [3.8, 4) is 0 Å². The van der Waals surface area contributed by atoms with E-state index in [0.29, 0.717) is 6.54 Å². The van der Waals surface area contributed by atoms with E-state index in [-0.39, 0.29) is 5.97 Å². The molecule has 4 nitrogen and oxygen atoms in total. The quantitative estimate of drug-likeness (QED) is 0.642. The van der Waals surface area contributed by atoms with Crippen molar-refractivity contribution in [2.45, 2.75) is 20.4 Å². The molecule has 0 fully saturated rings. The number of benzene rings is 1. The Kier molecular flexibility index (Phi) is 4.81. The third-order valence-electron chi connectivity index (χ3n) is 3.30. The molecule has 0 amide bonds.